The molecular weight excluding hydrogens is 411 g/mol. The molecule has 23 heavy (non-hydrogen) atoms. The topological polar surface area (TPSA) is 46.2 Å². The van der Waals surface area contributed by atoms with E-state index in [0.29, 0.717) is 6.61 Å². The van der Waals surface area contributed by atoms with Crippen LogP contribution in [0.3, 0.4) is 0 Å². The maximum atomic E-state index is 6.18. The highest BCUT2D eigenvalue weighted by molar-refractivity contribution is 14.1. The first-order chi connectivity index (χ1) is 11.0. The number of ether oxygens (including phenoxy) is 5. The highest BCUT2D eigenvalue weighted by atomic mass is 127. The normalized spacial score (nSPS) is 35.9. The van der Waals surface area contributed by atoms with Crippen molar-refractivity contribution in [2.24, 2.45) is 0 Å². The van der Waals surface area contributed by atoms with Crippen LogP contribution in [-0.4, -0.2) is 48.0 Å². The van der Waals surface area contributed by atoms with Gasteiger partial charge in [-0.2, -0.15) is 0 Å². The monoisotopic (exact) mass is 434 g/mol. The summed E-state index contributed by atoms with van der Waals surface area (Å²) in [6, 6.07) is 10.1. The Morgan fingerprint density at radius 2 is 1.83 bits per heavy atom. The molecule has 128 valence electrons. The molecule has 2 saturated heterocycles. The quantitative estimate of drug-likeness (QED) is 0.527. The Morgan fingerprint density at radius 3 is 2.48 bits per heavy atom. The van der Waals surface area contributed by atoms with E-state index in [9.17, 15) is 0 Å². The van der Waals surface area contributed by atoms with E-state index in [4.69, 9.17) is 23.7 Å². The summed E-state index contributed by atoms with van der Waals surface area (Å²) in [5, 5.41) is 0. The second kappa shape index (κ2) is 7.33. The number of hydrogen-bond acceptors (Lipinski definition) is 5. The smallest absolute Gasteiger partial charge is 0.186 e. The van der Waals surface area contributed by atoms with Crippen molar-refractivity contribution in [3.63, 3.8) is 0 Å². The Balaban J connectivity index is 1.76. The number of methoxy groups -OCH3 is 1. The van der Waals surface area contributed by atoms with Gasteiger partial charge in [0.2, 0.25) is 0 Å². The van der Waals surface area contributed by atoms with Crippen LogP contribution in [-0.2, 0) is 30.3 Å². The predicted molar refractivity (Wildman–Crippen MR) is 93.4 cm³/mol. The summed E-state index contributed by atoms with van der Waals surface area (Å²) in [4.78, 5) is 0. The summed E-state index contributed by atoms with van der Waals surface area (Å²) in [7, 11) is 1.63. The standard InChI is InChI=1S/C17H23IO5/c1-17(2)22-14-13(20-10-11-7-5-4-6-8-11)12(9-18)21-16(19-3)15(14)23-17/h4-8,12-16H,9-10H2,1-3H3/t12-,13-,14+,15+,16+/m1/s1. The third-order valence-electron chi connectivity index (χ3n) is 4.10. The van der Waals surface area contributed by atoms with E-state index >= 15 is 0 Å². The number of halogens is 1. The first-order valence-corrected chi connectivity index (χ1v) is 9.32. The lowest BCUT2D eigenvalue weighted by atomic mass is 9.99. The molecule has 2 fully saturated rings. The fourth-order valence-corrected chi connectivity index (χ4v) is 3.81. The lowest BCUT2D eigenvalue weighted by Crippen LogP contribution is -2.58. The fourth-order valence-electron chi connectivity index (χ4n) is 3.10. The molecule has 2 aliphatic heterocycles. The van der Waals surface area contributed by atoms with Gasteiger partial charge in [0.05, 0.1) is 12.7 Å². The van der Waals surface area contributed by atoms with Gasteiger partial charge in [0.25, 0.3) is 0 Å². The third kappa shape index (κ3) is 3.88. The van der Waals surface area contributed by atoms with E-state index < -0.39 is 12.1 Å². The Kier molecular flexibility index (Phi) is 5.60. The van der Waals surface area contributed by atoms with Crippen LogP contribution in [0.15, 0.2) is 30.3 Å². The number of alkyl halides is 1. The van der Waals surface area contributed by atoms with Crippen LogP contribution in [0.1, 0.15) is 19.4 Å². The Bertz CT molecular complexity index is 509. The molecule has 0 N–H and O–H groups in total. The summed E-state index contributed by atoms with van der Waals surface area (Å²) in [5.41, 5.74) is 1.13. The van der Waals surface area contributed by atoms with Crippen LogP contribution in [0.5, 0.6) is 0 Å². The average Bonchev–Trinajstić information content (AvgIpc) is 2.88. The third-order valence-corrected chi connectivity index (χ3v) is 4.97. The van der Waals surface area contributed by atoms with Crippen molar-refractivity contribution >= 4 is 22.6 Å². The first kappa shape index (κ1) is 17.6. The van der Waals surface area contributed by atoms with Crippen molar-refractivity contribution in [3.05, 3.63) is 35.9 Å². The van der Waals surface area contributed by atoms with Crippen molar-refractivity contribution in [3.8, 4) is 0 Å². The van der Waals surface area contributed by atoms with E-state index in [-0.39, 0.29) is 24.4 Å². The molecule has 1 aromatic rings. The van der Waals surface area contributed by atoms with Gasteiger partial charge in [-0.15, -0.1) is 0 Å². The minimum atomic E-state index is -0.663. The van der Waals surface area contributed by atoms with Crippen LogP contribution in [0.2, 0.25) is 0 Å². The minimum absolute atomic E-state index is 0.0944. The van der Waals surface area contributed by atoms with Gasteiger partial charge in [0.15, 0.2) is 12.1 Å². The molecule has 0 saturated carbocycles. The molecule has 1 aromatic carbocycles. The van der Waals surface area contributed by atoms with Crippen molar-refractivity contribution in [2.45, 2.75) is 56.9 Å². The molecule has 0 unspecified atom stereocenters. The SMILES string of the molecule is CO[C@H]1O[C@H](CI)[C@@H](OCc2ccccc2)[C@@H]2OC(C)(C)O[C@H]12. The maximum absolute atomic E-state index is 6.18. The number of fused-ring (bicyclic) bond motifs is 1. The van der Waals surface area contributed by atoms with E-state index in [2.05, 4.69) is 22.6 Å². The molecule has 0 amide bonds. The van der Waals surface area contributed by atoms with Crippen LogP contribution < -0.4 is 0 Å². The van der Waals surface area contributed by atoms with E-state index in [1.54, 1.807) is 7.11 Å². The van der Waals surface area contributed by atoms with Crippen LogP contribution in [0.25, 0.3) is 0 Å². The summed E-state index contributed by atoms with van der Waals surface area (Å²) in [6.07, 6.45) is -1.20. The van der Waals surface area contributed by atoms with Crippen molar-refractivity contribution in [1.82, 2.24) is 0 Å². The highest BCUT2D eigenvalue weighted by Gasteiger charge is 2.55. The second-order valence-corrected chi connectivity index (χ2v) is 7.14. The van der Waals surface area contributed by atoms with Crippen molar-refractivity contribution in [2.75, 3.05) is 11.5 Å². The second-order valence-electron chi connectivity index (χ2n) is 6.26. The zero-order chi connectivity index (χ0) is 16.4. The number of benzene rings is 1. The van der Waals surface area contributed by atoms with Gasteiger partial charge in [-0.1, -0.05) is 52.9 Å². The minimum Gasteiger partial charge on any atom is -0.368 e. The lowest BCUT2D eigenvalue weighted by Gasteiger charge is -2.40. The molecule has 0 aromatic heterocycles. The van der Waals surface area contributed by atoms with Gasteiger partial charge in [0.1, 0.15) is 18.3 Å². The molecule has 5 nitrogen and oxygen atoms in total. The molecule has 2 aliphatic rings. The van der Waals surface area contributed by atoms with Gasteiger partial charge in [-0.25, -0.2) is 0 Å². The van der Waals surface area contributed by atoms with Crippen LogP contribution in [0.4, 0.5) is 0 Å². The zero-order valence-corrected chi connectivity index (χ0v) is 15.8. The fraction of sp³-hybridized carbons (Fsp3) is 0.647. The van der Waals surface area contributed by atoms with Gasteiger partial charge >= 0.3 is 0 Å². The Morgan fingerprint density at radius 1 is 1.13 bits per heavy atom. The van der Waals surface area contributed by atoms with Crippen molar-refractivity contribution < 1.29 is 23.7 Å². The van der Waals surface area contributed by atoms with Gasteiger partial charge in [0, 0.05) is 11.5 Å². The average molecular weight is 434 g/mol. The van der Waals surface area contributed by atoms with E-state index in [1.807, 2.05) is 44.2 Å². The molecule has 0 bridgehead atoms. The molecule has 3 rings (SSSR count). The molecule has 0 radical (unpaired) electrons. The summed E-state index contributed by atoms with van der Waals surface area (Å²) < 4.78 is 30.6. The predicted octanol–water partition coefficient (Wildman–Crippen LogP) is 2.90. The van der Waals surface area contributed by atoms with Crippen LogP contribution in [0, 0.1) is 0 Å². The van der Waals surface area contributed by atoms with Crippen molar-refractivity contribution in [1.29, 1.82) is 0 Å². The molecule has 0 spiro atoms. The molecular formula is C17H23IO5. The number of hydrogen-bond donors (Lipinski definition) is 0. The lowest BCUT2D eigenvalue weighted by molar-refractivity contribution is -0.269. The summed E-state index contributed by atoms with van der Waals surface area (Å²) >= 11 is 2.31. The highest BCUT2D eigenvalue weighted by Crippen LogP contribution is 2.39. The molecule has 0 aliphatic carbocycles. The van der Waals surface area contributed by atoms with E-state index in [1.165, 1.54) is 0 Å². The maximum Gasteiger partial charge on any atom is 0.186 e. The number of rotatable bonds is 5. The molecule has 6 heteroatoms. The zero-order valence-electron chi connectivity index (χ0n) is 13.6. The Hall–Kier alpha value is -0.250. The molecule has 5 atom stereocenters. The van der Waals surface area contributed by atoms with Gasteiger partial charge < -0.3 is 23.7 Å². The summed E-state index contributed by atoms with van der Waals surface area (Å²) in [5.74, 6) is -0.663. The van der Waals surface area contributed by atoms with E-state index in [0.717, 1.165) is 9.99 Å². The largest absolute Gasteiger partial charge is 0.368 e. The first-order valence-electron chi connectivity index (χ1n) is 7.79. The van der Waals surface area contributed by atoms with Gasteiger partial charge in [-0.3, -0.25) is 0 Å². The summed E-state index contributed by atoms with van der Waals surface area (Å²) in [6.45, 7) is 4.34. The van der Waals surface area contributed by atoms with Gasteiger partial charge in [-0.05, 0) is 19.4 Å². The van der Waals surface area contributed by atoms with Crippen LogP contribution >= 0.6 is 22.6 Å². The Labute approximate surface area is 150 Å². The molecule has 2 heterocycles.